The molecule has 7 aromatic carbocycles. The van der Waals surface area contributed by atoms with Gasteiger partial charge in [-0.3, -0.25) is 4.79 Å². The predicted octanol–water partition coefficient (Wildman–Crippen LogP) is -10.6. The van der Waals surface area contributed by atoms with Gasteiger partial charge in [-0.2, -0.15) is 0 Å². The lowest BCUT2D eigenvalue weighted by molar-refractivity contribution is -0.285. The SMILES string of the molecule is COC(=O)[C@H](OC(=O)c1cc(O)c(O)c(O)c1)[C@@H](O)[C@@H](O)[C@H](O)C(=O)O.O=C(O[C@@H](C(=O)O)[C@@H](O)[C@@H](O)[C@H](O)C(=O)CO)c1cc(O)c(O)c(O)c1.O=C(O[C@@H](C(=O)O)[C@@H](O)[C@@H](O)[C@H](O)C(=O)O)c1cc(O)c(O)c(O)c1.O=C(O[C@@H](C(=O)O)[C@H]1OC(=O)[C@@H](O)[C@@H]1O)c1cc(O)c(O)c(O)c1.O=C(O[C@@H]1OC(CO)[C@@H](O)[C@H](O)C1O)c1cc(O)c(O)c(O)c1.O=c1oc2c(O)c(O)cc3c(=O)oc4c(O)c(O)cc1c4c23. The van der Waals surface area contributed by atoms with E-state index < -0.39 is 373 Å². The maximum absolute atomic E-state index is 12.0. The number of cyclic esters (lactones) is 1. The molecule has 2 aliphatic heterocycles. The van der Waals surface area contributed by atoms with Crippen LogP contribution in [0.25, 0.3) is 32.7 Å². The number of ketones is 1. The number of aliphatic carboxylic acids is 5. The third-order valence-corrected chi connectivity index (χ3v) is 19.6. The van der Waals surface area contributed by atoms with Gasteiger partial charge in [-0.15, -0.1) is 0 Å². The van der Waals surface area contributed by atoms with Crippen LogP contribution in [-0.4, -0.2) is 430 Å². The van der Waals surface area contributed by atoms with Crippen molar-refractivity contribution in [3.63, 3.8) is 0 Å². The highest BCUT2D eigenvalue weighted by atomic mass is 16.7. The van der Waals surface area contributed by atoms with E-state index in [1.807, 2.05) is 0 Å². The Labute approximate surface area is 800 Å². The van der Waals surface area contributed by atoms with Crippen LogP contribution >= 0.6 is 0 Å². The van der Waals surface area contributed by atoms with E-state index in [4.69, 9.17) is 64.3 Å². The lowest BCUT2D eigenvalue weighted by Crippen LogP contribution is -2.59. The van der Waals surface area contributed by atoms with Crippen LogP contribution in [0.5, 0.6) is 109 Å². The topological polar surface area (TPSA) is 1170 Å². The number of hydrogen-bond acceptors (Lipinski definition) is 60. The van der Waals surface area contributed by atoms with Crippen molar-refractivity contribution >= 4 is 110 Å². The number of methoxy groups -OCH3 is 1. The molecule has 21 atom stereocenters. The summed E-state index contributed by atoms with van der Waals surface area (Å²) in [5, 5.41) is 373. The second kappa shape index (κ2) is 48.7. The van der Waals surface area contributed by atoms with Crippen molar-refractivity contribution in [2.45, 2.75) is 128 Å². The minimum Gasteiger partial charge on any atom is -0.504 e. The third-order valence-electron chi connectivity index (χ3n) is 19.6. The maximum Gasteiger partial charge on any atom is 0.350 e. The number of aliphatic hydroxyl groups is 16. The normalized spacial score (nSPS) is 18.8. The minimum absolute atomic E-state index is 0.00597. The Balaban J connectivity index is 0.000000268. The highest BCUT2D eigenvalue weighted by Gasteiger charge is 2.52. The van der Waals surface area contributed by atoms with Crippen molar-refractivity contribution in [1.29, 1.82) is 0 Å². The number of ether oxygens (including phenoxy) is 8. The molecule has 65 nitrogen and oxygen atoms in total. The molecule has 2 aromatic heterocycles. The van der Waals surface area contributed by atoms with E-state index in [1.54, 1.807) is 0 Å². The van der Waals surface area contributed by atoms with E-state index in [2.05, 4.69) is 28.4 Å². The lowest BCUT2D eigenvalue weighted by atomic mass is 9.99. The number of aromatic hydroxyl groups is 19. The maximum atomic E-state index is 12.0. The number of carbonyl (C=O) groups excluding carboxylic acids is 8. The monoisotopic (exact) mass is 2090 g/mol. The van der Waals surface area contributed by atoms with Gasteiger partial charge >= 0.3 is 82.9 Å². The highest BCUT2D eigenvalue weighted by molar-refractivity contribution is 6.22. The zero-order chi connectivity index (χ0) is 111. The third kappa shape index (κ3) is 26.7. The number of carboxylic acid groups (broad SMARTS) is 5. The van der Waals surface area contributed by atoms with E-state index in [9.17, 15) is 230 Å². The van der Waals surface area contributed by atoms with Gasteiger partial charge in [0.1, 0.15) is 79.9 Å². The number of phenols is 19. The number of rotatable bonds is 29. The first kappa shape index (κ1) is 117. The van der Waals surface area contributed by atoms with Crippen LogP contribution in [-0.2, 0) is 76.3 Å². The van der Waals surface area contributed by atoms with Crippen molar-refractivity contribution < 1.29 is 313 Å². The zero-order valence-electron chi connectivity index (χ0n) is 72.1. The summed E-state index contributed by atoms with van der Waals surface area (Å²) in [6.45, 7) is -1.89. The molecule has 2 fully saturated rings. The largest absolute Gasteiger partial charge is 0.504 e. The summed E-state index contributed by atoms with van der Waals surface area (Å²) in [5.41, 5.74) is -5.38. The summed E-state index contributed by atoms with van der Waals surface area (Å²) in [5.74, 6) is -36.6. The molecule has 0 saturated carbocycles. The van der Waals surface area contributed by atoms with Crippen LogP contribution in [0.2, 0.25) is 0 Å². The highest BCUT2D eigenvalue weighted by Crippen LogP contribution is 2.46. The quantitative estimate of drug-likeness (QED) is 0.00680. The van der Waals surface area contributed by atoms with Crippen LogP contribution < -0.4 is 11.3 Å². The van der Waals surface area contributed by atoms with Crippen molar-refractivity contribution in [3.05, 3.63) is 121 Å². The average molecular weight is 2090 g/mol. The number of Topliss-reactive ketones (excluding diaryl/α,β-unsaturated/α-hetero) is 1. The Morgan fingerprint density at radius 1 is 0.336 bits per heavy atom. The Kier molecular flexibility index (Phi) is 39.0. The fourth-order valence-electron chi connectivity index (χ4n) is 11.9. The Hall–Kier alpha value is -17.7. The first-order valence-corrected chi connectivity index (χ1v) is 39.0. The van der Waals surface area contributed by atoms with E-state index in [-0.39, 0.29) is 27.1 Å². The van der Waals surface area contributed by atoms with Crippen molar-refractivity contribution in [3.8, 4) is 109 Å². The van der Waals surface area contributed by atoms with Gasteiger partial charge in [-0.1, -0.05) is 0 Å². The van der Waals surface area contributed by atoms with E-state index in [1.165, 1.54) is 0 Å². The van der Waals surface area contributed by atoms with Gasteiger partial charge in [0.15, 0.2) is 139 Å². The average Bonchev–Trinajstić information content (AvgIpc) is 0.786. The molecule has 0 bridgehead atoms. The van der Waals surface area contributed by atoms with Crippen molar-refractivity contribution in [1.82, 2.24) is 0 Å². The fourth-order valence-corrected chi connectivity index (χ4v) is 11.9. The Morgan fingerprint density at radius 2 is 0.623 bits per heavy atom. The molecule has 2 aliphatic rings. The van der Waals surface area contributed by atoms with E-state index in [0.29, 0.717) is 48.5 Å². The molecular formula is C81H80O65. The number of phenolic OH excluding ortho intramolecular Hbond substituents is 19. The number of esters is 7. The van der Waals surface area contributed by atoms with Gasteiger partial charge in [0, 0.05) is 10.8 Å². The summed E-state index contributed by atoms with van der Waals surface area (Å²) in [6, 6.07) is 8.76. The molecule has 794 valence electrons. The van der Waals surface area contributed by atoms with E-state index in [0.717, 1.165) is 31.4 Å². The van der Waals surface area contributed by atoms with Crippen LogP contribution in [0, 0.1) is 0 Å². The number of carbonyl (C=O) groups is 13. The van der Waals surface area contributed by atoms with Gasteiger partial charge in [0.05, 0.1) is 52.3 Å². The molecule has 2 unspecified atom stereocenters. The molecule has 146 heavy (non-hydrogen) atoms. The molecule has 0 aliphatic carbocycles. The number of hydrogen-bond donors (Lipinski definition) is 40. The van der Waals surface area contributed by atoms with Crippen LogP contribution in [0.3, 0.4) is 0 Å². The molecule has 0 spiro atoms. The molecular weight excluding hydrogens is 2010 g/mol. The molecule has 9 aromatic rings. The summed E-state index contributed by atoms with van der Waals surface area (Å²) in [4.78, 5) is 172. The minimum atomic E-state index is -2.56. The first-order valence-electron chi connectivity index (χ1n) is 39.0. The summed E-state index contributed by atoms with van der Waals surface area (Å²) in [6.07, 6.45) is -45.3. The smallest absolute Gasteiger partial charge is 0.350 e. The Bertz CT molecular complexity index is 6320. The molecule has 40 N–H and O–H groups in total. The molecule has 11 rings (SSSR count). The summed E-state index contributed by atoms with van der Waals surface area (Å²) >= 11 is 0. The van der Waals surface area contributed by atoms with Crippen LogP contribution in [0.4, 0.5) is 0 Å². The predicted molar refractivity (Wildman–Crippen MR) is 445 cm³/mol. The number of carboxylic acids is 5. The van der Waals surface area contributed by atoms with Crippen molar-refractivity contribution in [2.24, 2.45) is 0 Å². The summed E-state index contributed by atoms with van der Waals surface area (Å²) in [7, 11) is 0.841. The Morgan fingerprint density at radius 3 is 0.897 bits per heavy atom. The zero-order valence-corrected chi connectivity index (χ0v) is 72.1. The molecule has 65 heteroatoms. The molecule has 2 saturated heterocycles. The molecule has 0 radical (unpaired) electrons. The second-order valence-corrected chi connectivity index (χ2v) is 29.4. The molecule has 4 heterocycles. The molecule has 0 amide bonds. The van der Waals surface area contributed by atoms with Crippen LogP contribution in [0.15, 0.2) is 91.2 Å². The second-order valence-electron chi connectivity index (χ2n) is 29.4. The van der Waals surface area contributed by atoms with Gasteiger partial charge in [-0.05, 0) is 72.8 Å². The van der Waals surface area contributed by atoms with Crippen molar-refractivity contribution in [2.75, 3.05) is 20.3 Å². The number of aliphatic hydroxyl groups excluding tert-OH is 16. The standard InChI is InChI=1S/2C14H16O12.C14H6O8.C13H14O12.C13H12O11.C13H16O10/c1-25-14(24)11(9(19)8(18)10(20)12(21)22)26-13(23)4-2-5(15)7(17)6(16)3-4;15-3-7(18)9(20)10(21)11(22)12(13(23)24)26-14(25)4-1-5(16)8(19)6(17)2-4;15-5-1-3-7-8-4(14(20)22-11(7)9(5)17)2-6(16)10(18)12(8)21-13(3)19;14-4-1-3(2-5(15)6(4)16)13(24)25-10(12(22)23)8(18)7(17)9(19)11(20)21;14-4-1-3(2-5(15)6(4)16)12(21)24-10(11(19)20)9-7(17)8(18)13(22)23-9;14-3-7-9(18)10(19)11(20)13(22-7)23-12(21)4-1-5(15)8(17)6(16)2-4/h2-3,8-11,15-20H,1H3,(H,21,22);1-2,9-12,15-17,19-22H,3H2,(H,23,24);1-2,15-18H;1-2,7-10,14-19H,(H,20,21)(H,22,23);1-2,7-10,14-18H,(H,19,20);1-2,7,9-11,13-20H,3H2/t8-,9+,10+,11-;9-,10+,11+,12-;;7-,8+,9+,10-;7-,8-,9-,10+;7?,9-,10+,11?,13+/m11.101/s1. The lowest BCUT2D eigenvalue weighted by Gasteiger charge is -2.39. The fraction of sp³-hybridized carbons (Fsp3) is 0.296. The van der Waals surface area contributed by atoms with Gasteiger partial charge < -0.3 is 251 Å². The van der Waals surface area contributed by atoms with Gasteiger partial charge in [0.25, 0.3) is 0 Å². The summed E-state index contributed by atoms with van der Waals surface area (Å²) < 4.78 is 46.5. The first-order chi connectivity index (χ1) is 67.8. The number of benzene rings is 7. The van der Waals surface area contributed by atoms with Gasteiger partial charge in [0.2, 0.25) is 42.2 Å². The van der Waals surface area contributed by atoms with E-state index >= 15 is 0 Å². The van der Waals surface area contributed by atoms with Crippen LogP contribution in [0.1, 0.15) is 51.8 Å². The van der Waals surface area contributed by atoms with Gasteiger partial charge in [-0.25, -0.2) is 67.1 Å².